The van der Waals surface area contributed by atoms with Crippen molar-refractivity contribution in [2.45, 2.75) is 12.8 Å². The van der Waals surface area contributed by atoms with Gasteiger partial charge in [-0.15, -0.1) is 0 Å². The van der Waals surface area contributed by atoms with Crippen molar-refractivity contribution in [2.75, 3.05) is 5.32 Å². The van der Waals surface area contributed by atoms with Crippen LogP contribution in [0.25, 0.3) is 0 Å². The number of hydrogen-bond donors (Lipinski definition) is 2. The van der Waals surface area contributed by atoms with E-state index >= 15 is 0 Å². The van der Waals surface area contributed by atoms with E-state index in [1.54, 1.807) is 18.4 Å². The molecule has 0 bridgehead atoms. The number of nitrogens with zero attached hydrogens (tertiary/aromatic N) is 1. The van der Waals surface area contributed by atoms with E-state index in [2.05, 4.69) is 10.3 Å². The van der Waals surface area contributed by atoms with Crippen LogP contribution in [-0.4, -0.2) is 22.0 Å². The fourth-order valence-electron chi connectivity index (χ4n) is 1.49. The summed E-state index contributed by atoms with van der Waals surface area (Å²) in [4.78, 5) is 26.1. The Hall–Kier alpha value is -2.63. The molecule has 2 aromatic heterocycles. The highest BCUT2D eigenvalue weighted by Crippen LogP contribution is 2.08. The van der Waals surface area contributed by atoms with E-state index in [0.717, 1.165) is 5.76 Å². The van der Waals surface area contributed by atoms with Gasteiger partial charge in [-0.25, -0.2) is 9.78 Å². The molecule has 0 saturated heterocycles. The molecular formula is C13H12N2O4. The predicted octanol–water partition coefficient (Wildman–Crippen LogP) is 1.94. The summed E-state index contributed by atoms with van der Waals surface area (Å²) in [6.07, 6.45) is 3.53. The van der Waals surface area contributed by atoms with Crippen LogP contribution in [0.5, 0.6) is 0 Å². The van der Waals surface area contributed by atoms with Crippen molar-refractivity contribution in [3.05, 3.63) is 48.0 Å². The molecular weight excluding hydrogens is 248 g/mol. The molecule has 6 heteroatoms. The van der Waals surface area contributed by atoms with Gasteiger partial charge in [-0.1, -0.05) is 0 Å². The SMILES string of the molecule is O=C(CCc1ccco1)Nc1ccc(C(=O)O)cn1. The molecule has 0 radical (unpaired) electrons. The second-order valence-corrected chi connectivity index (χ2v) is 3.86. The van der Waals surface area contributed by atoms with Crippen LogP contribution in [0, 0.1) is 0 Å². The number of hydrogen-bond acceptors (Lipinski definition) is 4. The zero-order valence-corrected chi connectivity index (χ0v) is 10.00. The highest BCUT2D eigenvalue weighted by Gasteiger charge is 2.07. The molecule has 98 valence electrons. The van der Waals surface area contributed by atoms with Gasteiger partial charge in [0.15, 0.2) is 0 Å². The number of aromatic carboxylic acids is 1. The number of rotatable bonds is 5. The molecule has 0 aliphatic rings. The van der Waals surface area contributed by atoms with E-state index in [1.165, 1.54) is 18.3 Å². The summed E-state index contributed by atoms with van der Waals surface area (Å²) in [5, 5.41) is 11.3. The Morgan fingerprint density at radius 3 is 2.74 bits per heavy atom. The molecule has 0 unspecified atom stereocenters. The van der Waals surface area contributed by atoms with Crippen LogP contribution in [0.1, 0.15) is 22.5 Å². The normalized spacial score (nSPS) is 10.1. The van der Waals surface area contributed by atoms with E-state index in [1.807, 2.05) is 0 Å². The van der Waals surface area contributed by atoms with E-state index in [4.69, 9.17) is 9.52 Å². The minimum Gasteiger partial charge on any atom is -0.478 e. The standard InChI is InChI=1S/C13H12N2O4/c16-12(6-4-10-2-1-7-19-10)15-11-5-3-9(8-14-11)13(17)18/h1-3,5,7-8H,4,6H2,(H,17,18)(H,14,15,16). The Morgan fingerprint density at radius 1 is 1.32 bits per heavy atom. The lowest BCUT2D eigenvalue weighted by Crippen LogP contribution is -2.13. The maximum absolute atomic E-state index is 11.6. The number of nitrogens with one attached hydrogen (secondary N) is 1. The van der Waals surface area contributed by atoms with Crippen LogP contribution in [0.4, 0.5) is 5.82 Å². The van der Waals surface area contributed by atoms with Gasteiger partial charge in [-0.05, 0) is 24.3 Å². The van der Waals surface area contributed by atoms with Gasteiger partial charge in [0.05, 0.1) is 11.8 Å². The van der Waals surface area contributed by atoms with E-state index < -0.39 is 5.97 Å². The molecule has 0 aliphatic carbocycles. The number of carbonyl (C=O) groups excluding carboxylic acids is 1. The van der Waals surface area contributed by atoms with Crippen LogP contribution in [0.3, 0.4) is 0 Å². The lowest BCUT2D eigenvalue weighted by Gasteiger charge is -2.03. The number of amides is 1. The predicted molar refractivity (Wildman–Crippen MR) is 66.9 cm³/mol. The van der Waals surface area contributed by atoms with Gasteiger partial charge in [0.25, 0.3) is 0 Å². The van der Waals surface area contributed by atoms with Crippen molar-refractivity contribution in [3.8, 4) is 0 Å². The van der Waals surface area contributed by atoms with Crippen LogP contribution < -0.4 is 5.32 Å². The van der Waals surface area contributed by atoms with Gasteiger partial charge < -0.3 is 14.8 Å². The second-order valence-electron chi connectivity index (χ2n) is 3.86. The van der Waals surface area contributed by atoms with Gasteiger partial charge in [0, 0.05) is 19.0 Å². The summed E-state index contributed by atoms with van der Waals surface area (Å²) < 4.78 is 5.12. The largest absolute Gasteiger partial charge is 0.478 e. The van der Waals surface area contributed by atoms with Gasteiger partial charge in [-0.3, -0.25) is 4.79 Å². The fourth-order valence-corrected chi connectivity index (χ4v) is 1.49. The summed E-state index contributed by atoms with van der Waals surface area (Å²) in [5.41, 5.74) is 0.0774. The average molecular weight is 260 g/mol. The quantitative estimate of drug-likeness (QED) is 0.857. The second kappa shape index (κ2) is 5.81. The highest BCUT2D eigenvalue weighted by molar-refractivity contribution is 5.91. The number of aryl methyl sites for hydroxylation is 1. The average Bonchev–Trinajstić information content (AvgIpc) is 2.90. The highest BCUT2D eigenvalue weighted by atomic mass is 16.4. The van der Waals surface area contributed by atoms with Crippen LogP contribution in [-0.2, 0) is 11.2 Å². The molecule has 0 atom stereocenters. The third-order valence-corrected chi connectivity index (χ3v) is 2.46. The zero-order chi connectivity index (χ0) is 13.7. The Kier molecular flexibility index (Phi) is 3.92. The van der Waals surface area contributed by atoms with Gasteiger partial charge in [0.1, 0.15) is 11.6 Å². The van der Waals surface area contributed by atoms with Gasteiger partial charge in [-0.2, -0.15) is 0 Å². The molecule has 1 amide bonds. The van der Waals surface area contributed by atoms with Crippen LogP contribution >= 0.6 is 0 Å². The molecule has 2 rings (SSSR count). The summed E-state index contributed by atoms with van der Waals surface area (Å²) in [6.45, 7) is 0. The van der Waals surface area contributed by atoms with Crippen molar-refractivity contribution < 1.29 is 19.1 Å². The number of carboxylic acids is 1. The van der Waals surface area contributed by atoms with Crippen molar-refractivity contribution in [3.63, 3.8) is 0 Å². The van der Waals surface area contributed by atoms with E-state index in [9.17, 15) is 9.59 Å². The summed E-state index contributed by atoms with van der Waals surface area (Å²) >= 11 is 0. The molecule has 0 fully saturated rings. The van der Waals surface area contributed by atoms with Crippen molar-refractivity contribution in [2.24, 2.45) is 0 Å². The molecule has 0 saturated carbocycles. The van der Waals surface area contributed by atoms with Gasteiger partial charge in [0.2, 0.25) is 5.91 Å². The molecule has 2 heterocycles. The summed E-state index contributed by atoms with van der Waals surface area (Å²) in [5.74, 6) is -0.186. The zero-order valence-electron chi connectivity index (χ0n) is 10.00. The first-order valence-corrected chi connectivity index (χ1v) is 5.67. The molecule has 0 aromatic carbocycles. The Balaban J connectivity index is 1.86. The molecule has 0 aliphatic heterocycles. The lowest BCUT2D eigenvalue weighted by molar-refractivity contribution is -0.116. The number of carboxylic acid groups (broad SMARTS) is 1. The van der Waals surface area contributed by atoms with Crippen molar-refractivity contribution >= 4 is 17.7 Å². The van der Waals surface area contributed by atoms with Crippen molar-refractivity contribution in [1.82, 2.24) is 4.98 Å². The number of carbonyl (C=O) groups is 2. The smallest absolute Gasteiger partial charge is 0.337 e. The first-order chi connectivity index (χ1) is 9.15. The number of aromatic nitrogens is 1. The number of pyridine rings is 1. The third-order valence-electron chi connectivity index (χ3n) is 2.46. The Labute approximate surface area is 109 Å². The maximum Gasteiger partial charge on any atom is 0.337 e. The molecule has 2 N–H and O–H groups in total. The topological polar surface area (TPSA) is 92.4 Å². The van der Waals surface area contributed by atoms with Crippen LogP contribution in [0.2, 0.25) is 0 Å². The first-order valence-electron chi connectivity index (χ1n) is 5.67. The maximum atomic E-state index is 11.6. The van der Waals surface area contributed by atoms with Gasteiger partial charge >= 0.3 is 5.97 Å². The summed E-state index contributed by atoms with van der Waals surface area (Å²) in [6, 6.07) is 6.40. The van der Waals surface area contributed by atoms with Crippen molar-refractivity contribution in [1.29, 1.82) is 0 Å². The minimum atomic E-state index is -1.05. The minimum absolute atomic E-state index is 0.0774. The molecule has 2 aromatic rings. The Morgan fingerprint density at radius 2 is 2.16 bits per heavy atom. The molecule has 6 nitrogen and oxygen atoms in total. The lowest BCUT2D eigenvalue weighted by atomic mass is 10.2. The van der Waals surface area contributed by atoms with E-state index in [0.29, 0.717) is 12.2 Å². The number of furan rings is 1. The number of anilines is 1. The Bertz CT molecular complexity index is 561. The van der Waals surface area contributed by atoms with E-state index in [-0.39, 0.29) is 17.9 Å². The summed E-state index contributed by atoms with van der Waals surface area (Å²) in [7, 11) is 0. The fraction of sp³-hybridized carbons (Fsp3) is 0.154. The first kappa shape index (κ1) is 12.8. The monoisotopic (exact) mass is 260 g/mol. The molecule has 19 heavy (non-hydrogen) atoms. The van der Waals surface area contributed by atoms with Crippen LogP contribution in [0.15, 0.2) is 41.1 Å². The third kappa shape index (κ3) is 3.67. The molecule has 0 spiro atoms.